The van der Waals surface area contributed by atoms with E-state index < -0.39 is 0 Å². The highest BCUT2D eigenvalue weighted by molar-refractivity contribution is 5.81. The summed E-state index contributed by atoms with van der Waals surface area (Å²) < 4.78 is 0. The molecular formula is C16H31NO. The number of carbonyl (C=O) groups is 1. The average Bonchev–Trinajstić information content (AvgIpc) is 2.13. The standard InChI is InChI=1S/C16H31NO/c1-15(2,3)11-14(18)12-17-9-7-13(8-10-17)16(4,5)6/h13H,7-12H2,1-6H3. The molecule has 0 N–H and O–H groups in total. The summed E-state index contributed by atoms with van der Waals surface area (Å²) in [6.45, 7) is 16.3. The van der Waals surface area contributed by atoms with E-state index >= 15 is 0 Å². The Morgan fingerprint density at radius 3 is 1.94 bits per heavy atom. The van der Waals surface area contributed by atoms with E-state index in [0.29, 0.717) is 24.2 Å². The number of ketones is 1. The fourth-order valence-corrected chi connectivity index (χ4v) is 2.85. The highest BCUT2D eigenvalue weighted by atomic mass is 16.1. The van der Waals surface area contributed by atoms with Gasteiger partial charge in [0.25, 0.3) is 0 Å². The normalized spacial score (nSPS) is 20.1. The quantitative estimate of drug-likeness (QED) is 0.763. The topological polar surface area (TPSA) is 20.3 Å². The number of piperidine rings is 1. The second-order valence-electron chi connectivity index (χ2n) is 8.19. The fraction of sp³-hybridized carbons (Fsp3) is 0.938. The van der Waals surface area contributed by atoms with Gasteiger partial charge in [-0.2, -0.15) is 0 Å². The van der Waals surface area contributed by atoms with E-state index in [1.54, 1.807) is 0 Å². The molecule has 0 bridgehead atoms. The molecule has 0 aliphatic carbocycles. The Bertz CT molecular complexity index is 274. The van der Waals surface area contributed by atoms with E-state index in [0.717, 1.165) is 19.0 Å². The van der Waals surface area contributed by atoms with E-state index in [1.807, 2.05) is 0 Å². The highest BCUT2D eigenvalue weighted by Crippen LogP contribution is 2.34. The van der Waals surface area contributed by atoms with Crippen molar-refractivity contribution in [3.05, 3.63) is 0 Å². The summed E-state index contributed by atoms with van der Waals surface area (Å²) >= 11 is 0. The summed E-state index contributed by atoms with van der Waals surface area (Å²) in [4.78, 5) is 14.3. The van der Waals surface area contributed by atoms with Crippen molar-refractivity contribution in [2.75, 3.05) is 19.6 Å². The maximum atomic E-state index is 12.0. The van der Waals surface area contributed by atoms with Crippen molar-refractivity contribution in [3.63, 3.8) is 0 Å². The zero-order valence-corrected chi connectivity index (χ0v) is 13.2. The third-order valence-corrected chi connectivity index (χ3v) is 3.94. The van der Waals surface area contributed by atoms with Crippen LogP contribution >= 0.6 is 0 Å². The number of nitrogens with zero attached hydrogens (tertiary/aromatic N) is 1. The third kappa shape index (κ3) is 5.51. The fourth-order valence-electron chi connectivity index (χ4n) is 2.85. The highest BCUT2D eigenvalue weighted by Gasteiger charge is 2.29. The Kier molecular flexibility index (Phi) is 4.99. The molecule has 1 rings (SSSR count). The Balaban J connectivity index is 2.34. The monoisotopic (exact) mass is 253 g/mol. The van der Waals surface area contributed by atoms with Crippen LogP contribution in [-0.4, -0.2) is 30.3 Å². The second-order valence-corrected chi connectivity index (χ2v) is 8.19. The number of hydrogen-bond acceptors (Lipinski definition) is 2. The van der Waals surface area contributed by atoms with Gasteiger partial charge in [-0.05, 0) is 42.7 Å². The van der Waals surface area contributed by atoms with Crippen molar-refractivity contribution in [1.29, 1.82) is 0 Å². The predicted molar refractivity (Wildman–Crippen MR) is 77.7 cm³/mol. The molecule has 0 aromatic heterocycles. The number of likely N-dealkylation sites (tertiary alicyclic amines) is 1. The van der Waals surface area contributed by atoms with Gasteiger partial charge in [0.2, 0.25) is 0 Å². The Labute approximate surface area is 113 Å². The molecule has 0 unspecified atom stereocenters. The Morgan fingerprint density at radius 2 is 1.56 bits per heavy atom. The van der Waals surface area contributed by atoms with E-state index in [9.17, 15) is 4.79 Å². The van der Waals surface area contributed by atoms with Gasteiger partial charge < -0.3 is 0 Å². The van der Waals surface area contributed by atoms with Gasteiger partial charge in [0.15, 0.2) is 0 Å². The van der Waals surface area contributed by atoms with Crippen LogP contribution in [-0.2, 0) is 4.79 Å². The van der Waals surface area contributed by atoms with Gasteiger partial charge in [-0.25, -0.2) is 0 Å². The molecule has 1 fully saturated rings. The summed E-state index contributed by atoms with van der Waals surface area (Å²) in [5, 5.41) is 0. The van der Waals surface area contributed by atoms with Gasteiger partial charge in [0.1, 0.15) is 5.78 Å². The van der Waals surface area contributed by atoms with Gasteiger partial charge in [-0.3, -0.25) is 9.69 Å². The van der Waals surface area contributed by atoms with Gasteiger partial charge in [0, 0.05) is 6.42 Å². The Hall–Kier alpha value is -0.370. The van der Waals surface area contributed by atoms with E-state index in [4.69, 9.17) is 0 Å². The molecule has 1 aliphatic rings. The summed E-state index contributed by atoms with van der Waals surface area (Å²) in [6, 6.07) is 0. The minimum atomic E-state index is 0.126. The first-order valence-electron chi connectivity index (χ1n) is 7.32. The van der Waals surface area contributed by atoms with E-state index in [-0.39, 0.29) is 5.41 Å². The zero-order valence-electron chi connectivity index (χ0n) is 13.2. The van der Waals surface area contributed by atoms with E-state index in [2.05, 4.69) is 46.4 Å². The van der Waals surface area contributed by atoms with Crippen molar-refractivity contribution in [3.8, 4) is 0 Å². The minimum absolute atomic E-state index is 0.126. The lowest BCUT2D eigenvalue weighted by molar-refractivity contribution is -0.122. The van der Waals surface area contributed by atoms with Crippen molar-refractivity contribution in [1.82, 2.24) is 4.90 Å². The third-order valence-electron chi connectivity index (χ3n) is 3.94. The molecule has 0 radical (unpaired) electrons. The first-order chi connectivity index (χ1) is 8.08. The van der Waals surface area contributed by atoms with Gasteiger partial charge >= 0.3 is 0 Å². The molecule has 0 amide bonds. The van der Waals surface area contributed by atoms with E-state index in [1.165, 1.54) is 12.8 Å². The van der Waals surface area contributed by atoms with Crippen LogP contribution in [0.3, 0.4) is 0 Å². The molecule has 106 valence electrons. The largest absolute Gasteiger partial charge is 0.298 e. The van der Waals surface area contributed by atoms with Crippen LogP contribution in [0.2, 0.25) is 0 Å². The molecule has 1 aliphatic heterocycles. The predicted octanol–water partition coefficient (Wildman–Crippen LogP) is 3.75. The molecule has 0 aromatic rings. The van der Waals surface area contributed by atoms with Gasteiger partial charge in [-0.1, -0.05) is 41.5 Å². The summed E-state index contributed by atoms with van der Waals surface area (Å²) in [5.41, 5.74) is 0.544. The maximum Gasteiger partial charge on any atom is 0.147 e. The number of hydrogen-bond donors (Lipinski definition) is 0. The minimum Gasteiger partial charge on any atom is -0.298 e. The maximum absolute atomic E-state index is 12.0. The Morgan fingerprint density at radius 1 is 1.06 bits per heavy atom. The molecule has 2 nitrogen and oxygen atoms in total. The van der Waals surface area contributed by atoms with Crippen molar-refractivity contribution in [2.24, 2.45) is 16.7 Å². The molecule has 1 saturated heterocycles. The molecule has 18 heavy (non-hydrogen) atoms. The zero-order chi connectivity index (χ0) is 14.0. The number of Topliss-reactive ketones (excluding diaryl/α,β-unsaturated/α-hetero) is 1. The second kappa shape index (κ2) is 5.73. The summed E-state index contributed by atoms with van der Waals surface area (Å²) in [7, 11) is 0. The molecule has 0 atom stereocenters. The molecule has 0 aromatic carbocycles. The molecule has 0 saturated carbocycles. The molecule has 1 heterocycles. The van der Waals surface area contributed by atoms with Crippen molar-refractivity contribution < 1.29 is 4.79 Å². The smallest absolute Gasteiger partial charge is 0.147 e. The van der Waals surface area contributed by atoms with Crippen LogP contribution in [0, 0.1) is 16.7 Å². The molecule has 2 heteroatoms. The average molecular weight is 253 g/mol. The van der Waals surface area contributed by atoms with Crippen LogP contribution in [0.1, 0.15) is 60.8 Å². The van der Waals surface area contributed by atoms with Crippen LogP contribution < -0.4 is 0 Å². The van der Waals surface area contributed by atoms with Crippen LogP contribution in [0.4, 0.5) is 0 Å². The van der Waals surface area contributed by atoms with Crippen LogP contribution in [0.25, 0.3) is 0 Å². The van der Waals surface area contributed by atoms with Gasteiger partial charge in [0.05, 0.1) is 6.54 Å². The van der Waals surface area contributed by atoms with Crippen molar-refractivity contribution in [2.45, 2.75) is 60.8 Å². The lowest BCUT2D eigenvalue weighted by Crippen LogP contribution is -2.40. The molecular weight excluding hydrogens is 222 g/mol. The SMILES string of the molecule is CC(C)(C)CC(=O)CN1CCC(C(C)(C)C)CC1. The first-order valence-corrected chi connectivity index (χ1v) is 7.32. The first kappa shape index (κ1) is 15.7. The lowest BCUT2D eigenvalue weighted by atomic mass is 9.75. The lowest BCUT2D eigenvalue weighted by Gasteiger charge is -2.38. The number of rotatable bonds is 3. The van der Waals surface area contributed by atoms with Crippen LogP contribution in [0.15, 0.2) is 0 Å². The molecule has 0 spiro atoms. The van der Waals surface area contributed by atoms with Crippen molar-refractivity contribution >= 4 is 5.78 Å². The van der Waals surface area contributed by atoms with Crippen LogP contribution in [0.5, 0.6) is 0 Å². The summed E-state index contributed by atoms with van der Waals surface area (Å²) in [6.07, 6.45) is 3.19. The number of carbonyl (C=O) groups excluding carboxylic acids is 1. The summed E-state index contributed by atoms with van der Waals surface area (Å²) in [5.74, 6) is 1.21. The van der Waals surface area contributed by atoms with Gasteiger partial charge in [-0.15, -0.1) is 0 Å².